The highest BCUT2D eigenvalue weighted by atomic mass is 32.1. The van der Waals surface area contributed by atoms with Crippen molar-refractivity contribution in [1.82, 2.24) is 9.97 Å². The quantitative estimate of drug-likeness (QED) is 0.751. The number of nitrogens with two attached hydrogens (primary N) is 1. The van der Waals surface area contributed by atoms with Gasteiger partial charge in [0.2, 0.25) is 0 Å². The summed E-state index contributed by atoms with van der Waals surface area (Å²) in [6, 6.07) is 2.15. The molecular formula is C14H21N3S. The van der Waals surface area contributed by atoms with Gasteiger partial charge in [0.1, 0.15) is 5.82 Å². The number of aryl methyl sites for hydroxylation is 2. The number of hydrogen-bond acceptors (Lipinski definition) is 3. The third kappa shape index (κ3) is 3.43. The third-order valence-electron chi connectivity index (χ3n) is 3.10. The number of H-pyrrole nitrogens is 1. The molecule has 98 valence electrons. The zero-order chi connectivity index (χ0) is 12.8. The number of nitrogens with zero attached hydrogens (tertiary/aromatic N) is 1. The topological polar surface area (TPSA) is 54.7 Å². The van der Waals surface area contributed by atoms with E-state index in [1.165, 1.54) is 29.7 Å². The molecule has 3 N–H and O–H groups in total. The van der Waals surface area contributed by atoms with Gasteiger partial charge in [-0.05, 0) is 43.3 Å². The normalized spacial score (nSPS) is 11.0. The Kier molecular flexibility index (Phi) is 4.96. The number of unbranched alkanes of at least 4 members (excludes halogenated alkanes) is 3. The van der Waals surface area contributed by atoms with E-state index in [2.05, 4.69) is 28.3 Å². The SMILES string of the molecule is Cc1ccsc1-c1cnc(CCCCCCN)[nH]1. The molecule has 0 aliphatic rings. The van der Waals surface area contributed by atoms with Crippen molar-refractivity contribution in [2.75, 3.05) is 6.54 Å². The summed E-state index contributed by atoms with van der Waals surface area (Å²) in [5, 5.41) is 2.12. The summed E-state index contributed by atoms with van der Waals surface area (Å²) < 4.78 is 0. The Morgan fingerprint density at radius 2 is 2.11 bits per heavy atom. The van der Waals surface area contributed by atoms with E-state index in [1.54, 1.807) is 11.3 Å². The van der Waals surface area contributed by atoms with Gasteiger partial charge in [-0.1, -0.05) is 12.8 Å². The Balaban J connectivity index is 1.85. The van der Waals surface area contributed by atoms with Crippen molar-refractivity contribution in [1.29, 1.82) is 0 Å². The summed E-state index contributed by atoms with van der Waals surface area (Å²) in [6.07, 6.45) is 7.79. The minimum absolute atomic E-state index is 0.808. The number of aromatic nitrogens is 2. The van der Waals surface area contributed by atoms with Crippen LogP contribution < -0.4 is 5.73 Å². The molecule has 0 aliphatic heterocycles. The molecule has 4 heteroatoms. The first-order chi connectivity index (χ1) is 8.81. The minimum atomic E-state index is 0.808. The lowest BCUT2D eigenvalue weighted by Gasteiger charge is -1.98. The van der Waals surface area contributed by atoms with Crippen LogP contribution in [-0.2, 0) is 6.42 Å². The Morgan fingerprint density at radius 3 is 2.83 bits per heavy atom. The zero-order valence-electron chi connectivity index (χ0n) is 10.9. The highest BCUT2D eigenvalue weighted by Crippen LogP contribution is 2.27. The first kappa shape index (κ1) is 13.3. The van der Waals surface area contributed by atoms with Crippen molar-refractivity contribution in [2.24, 2.45) is 5.73 Å². The van der Waals surface area contributed by atoms with E-state index < -0.39 is 0 Å². The molecule has 0 unspecified atom stereocenters. The van der Waals surface area contributed by atoms with Crippen molar-refractivity contribution in [2.45, 2.75) is 39.0 Å². The molecule has 0 radical (unpaired) electrons. The van der Waals surface area contributed by atoms with Crippen LogP contribution >= 0.6 is 11.3 Å². The number of thiophene rings is 1. The second kappa shape index (κ2) is 6.71. The molecule has 0 fully saturated rings. The molecule has 18 heavy (non-hydrogen) atoms. The molecule has 0 saturated carbocycles. The summed E-state index contributed by atoms with van der Waals surface area (Å²) in [5.41, 5.74) is 7.95. The number of rotatable bonds is 7. The monoisotopic (exact) mass is 263 g/mol. The molecule has 0 aromatic carbocycles. The predicted octanol–water partition coefficient (Wildman–Crippen LogP) is 3.51. The maximum absolute atomic E-state index is 5.48. The number of aromatic amines is 1. The second-order valence-electron chi connectivity index (χ2n) is 4.63. The first-order valence-electron chi connectivity index (χ1n) is 6.59. The van der Waals surface area contributed by atoms with Gasteiger partial charge in [-0.25, -0.2) is 4.98 Å². The average molecular weight is 263 g/mol. The molecule has 2 rings (SSSR count). The molecule has 0 amide bonds. The van der Waals surface area contributed by atoms with Crippen LogP contribution in [0.25, 0.3) is 10.6 Å². The van der Waals surface area contributed by atoms with Crippen molar-refractivity contribution in [3.63, 3.8) is 0 Å². The lowest BCUT2D eigenvalue weighted by Crippen LogP contribution is -1.98. The number of nitrogens with one attached hydrogen (secondary N) is 1. The molecule has 0 spiro atoms. The van der Waals surface area contributed by atoms with Crippen LogP contribution in [0.1, 0.15) is 37.1 Å². The van der Waals surface area contributed by atoms with Crippen molar-refractivity contribution in [3.05, 3.63) is 29.0 Å². The molecule has 0 saturated heterocycles. The molecule has 0 bridgehead atoms. The predicted molar refractivity (Wildman–Crippen MR) is 77.9 cm³/mol. The van der Waals surface area contributed by atoms with Gasteiger partial charge in [-0.2, -0.15) is 0 Å². The maximum atomic E-state index is 5.48. The smallest absolute Gasteiger partial charge is 0.106 e. The molecule has 0 atom stereocenters. The number of imidazole rings is 1. The average Bonchev–Trinajstić information content (AvgIpc) is 2.97. The Morgan fingerprint density at radius 1 is 1.28 bits per heavy atom. The molecular weight excluding hydrogens is 242 g/mol. The van der Waals surface area contributed by atoms with E-state index >= 15 is 0 Å². The molecule has 2 aromatic heterocycles. The summed E-state index contributed by atoms with van der Waals surface area (Å²) in [4.78, 5) is 9.18. The van der Waals surface area contributed by atoms with Gasteiger partial charge < -0.3 is 10.7 Å². The van der Waals surface area contributed by atoms with Gasteiger partial charge in [0.15, 0.2) is 0 Å². The van der Waals surface area contributed by atoms with Crippen molar-refractivity contribution in [3.8, 4) is 10.6 Å². The van der Waals surface area contributed by atoms with Gasteiger partial charge >= 0.3 is 0 Å². The van der Waals surface area contributed by atoms with Gasteiger partial charge in [0, 0.05) is 6.42 Å². The van der Waals surface area contributed by atoms with Gasteiger partial charge in [0.25, 0.3) is 0 Å². The number of hydrogen-bond donors (Lipinski definition) is 2. The molecule has 2 heterocycles. The lowest BCUT2D eigenvalue weighted by atomic mass is 10.1. The summed E-state index contributed by atoms with van der Waals surface area (Å²) in [7, 11) is 0. The van der Waals surface area contributed by atoms with Crippen molar-refractivity contribution < 1.29 is 0 Å². The maximum Gasteiger partial charge on any atom is 0.106 e. The molecule has 0 aliphatic carbocycles. The van der Waals surface area contributed by atoms with E-state index in [1.807, 2.05) is 6.20 Å². The van der Waals surface area contributed by atoms with Crippen LogP contribution in [-0.4, -0.2) is 16.5 Å². The summed E-state index contributed by atoms with van der Waals surface area (Å²) in [5.74, 6) is 1.10. The third-order valence-corrected chi connectivity index (χ3v) is 4.15. The fourth-order valence-electron chi connectivity index (χ4n) is 2.04. The van der Waals surface area contributed by atoms with Crippen LogP contribution in [0.15, 0.2) is 17.6 Å². The van der Waals surface area contributed by atoms with Crippen LogP contribution in [0, 0.1) is 6.92 Å². The minimum Gasteiger partial charge on any atom is -0.341 e. The van der Waals surface area contributed by atoms with E-state index in [4.69, 9.17) is 5.73 Å². The van der Waals surface area contributed by atoms with E-state index in [0.29, 0.717) is 0 Å². The van der Waals surface area contributed by atoms with E-state index in [-0.39, 0.29) is 0 Å². The second-order valence-corrected chi connectivity index (χ2v) is 5.55. The highest BCUT2D eigenvalue weighted by Gasteiger charge is 2.06. The first-order valence-corrected chi connectivity index (χ1v) is 7.47. The van der Waals surface area contributed by atoms with Crippen LogP contribution in [0.2, 0.25) is 0 Å². The van der Waals surface area contributed by atoms with Crippen LogP contribution in [0.3, 0.4) is 0 Å². The van der Waals surface area contributed by atoms with Gasteiger partial charge in [-0.15, -0.1) is 11.3 Å². The largest absolute Gasteiger partial charge is 0.341 e. The fraction of sp³-hybridized carbons (Fsp3) is 0.500. The molecule has 3 nitrogen and oxygen atoms in total. The van der Waals surface area contributed by atoms with Crippen LogP contribution in [0.5, 0.6) is 0 Å². The lowest BCUT2D eigenvalue weighted by molar-refractivity contribution is 0.638. The fourth-order valence-corrected chi connectivity index (χ4v) is 2.94. The summed E-state index contributed by atoms with van der Waals surface area (Å²) >= 11 is 1.77. The van der Waals surface area contributed by atoms with E-state index in [0.717, 1.165) is 30.9 Å². The Bertz CT molecular complexity index is 473. The van der Waals surface area contributed by atoms with E-state index in [9.17, 15) is 0 Å². The van der Waals surface area contributed by atoms with Crippen molar-refractivity contribution >= 4 is 11.3 Å². The van der Waals surface area contributed by atoms with Gasteiger partial charge in [-0.3, -0.25) is 0 Å². The zero-order valence-corrected chi connectivity index (χ0v) is 11.7. The Hall–Kier alpha value is -1.13. The highest BCUT2D eigenvalue weighted by molar-refractivity contribution is 7.13. The summed E-state index contributed by atoms with van der Waals surface area (Å²) in [6.45, 7) is 2.95. The standard InChI is InChI=1S/C14H21N3S/c1-11-7-9-18-14(11)12-10-16-13(17-12)6-4-2-3-5-8-15/h7,9-10H,2-6,8,15H2,1H3,(H,16,17). The van der Waals surface area contributed by atoms with Gasteiger partial charge in [0.05, 0.1) is 16.8 Å². The molecule has 2 aromatic rings. The van der Waals surface area contributed by atoms with Crippen LogP contribution in [0.4, 0.5) is 0 Å². The Labute approximate surface area is 112 Å².